The number of anilines is 1. The number of hydrogen-bond acceptors (Lipinski definition) is 4. The van der Waals surface area contributed by atoms with Crippen LogP contribution >= 0.6 is 0 Å². The first-order valence-corrected chi connectivity index (χ1v) is 6.20. The number of nitrogens with two attached hydrogens (primary N) is 1. The van der Waals surface area contributed by atoms with Crippen LogP contribution in [0.3, 0.4) is 0 Å². The molecule has 0 spiro atoms. The van der Waals surface area contributed by atoms with E-state index in [1.165, 1.54) is 7.11 Å². The number of hydrogen-bond donors (Lipinski definition) is 2. The maximum atomic E-state index is 12.1. The third-order valence-electron chi connectivity index (χ3n) is 3.06. The van der Waals surface area contributed by atoms with Crippen molar-refractivity contribution < 1.29 is 14.3 Å². The van der Waals surface area contributed by atoms with Gasteiger partial charge in [-0.15, -0.1) is 0 Å². The van der Waals surface area contributed by atoms with Gasteiger partial charge in [-0.25, -0.2) is 4.79 Å². The molecule has 0 aliphatic rings. The third kappa shape index (κ3) is 2.71. The molecule has 5 nitrogen and oxygen atoms in total. The van der Waals surface area contributed by atoms with Crippen LogP contribution in [0.4, 0.5) is 5.69 Å². The molecular weight excluding hydrogens is 256 g/mol. The van der Waals surface area contributed by atoms with Crippen molar-refractivity contribution in [2.24, 2.45) is 0 Å². The van der Waals surface area contributed by atoms with Gasteiger partial charge < -0.3 is 15.8 Å². The first-order valence-electron chi connectivity index (χ1n) is 6.20. The van der Waals surface area contributed by atoms with Crippen molar-refractivity contribution in [3.05, 3.63) is 42.0 Å². The molecule has 0 saturated heterocycles. The molecule has 2 rings (SSSR count). The van der Waals surface area contributed by atoms with Crippen molar-refractivity contribution in [1.29, 1.82) is 0 Å². The van der Waals surface area contributed by atoms with Crippen LogP contribution in [0.15, 0.2) is 36.4 Å². The Morgan fingerprint density at radius 1 is 1.20 bits per heavy atom. The fraction of sp³-hybridized carbons (Fsp3) is 0.200. The number of methoxy groups -OCH3 is 1. The number of benzene rings is 2. The van der Waals surface area contributed by atoms with E-state index in [1.807, 2.05) is 24.3 Å². The van der Waals surface area contributed by atoms with Crippen LogP contribution in [-0.2, 0) is 9.53 Å². The van der Waals surface area contributed by atoms with Gasteiger partial charge in [0.05, 0.1) is 12.7 Å². The van der Waals surface area contributed by atoms with Gasteiger partial charge in [0, 0.05) is 5.69 Å². The van der Waals surface area contributed by atoms with Crippen molar-refractivity contribution in [3.8, 4) is 0 Å². The minimum atomic E-state index is -0.724. The topological polar surface area (TPSA) is 81.4 Å². The van der Waals surface area contributed by atoms with E-state index in [2.05, 4.69) is 10.1 Å². The minimum absolute atomic E-state index is 0.347. The number of fused-ring (bicyclic) bond motifs is 1. The van der Waals surface area contributed by atoms with E-state index in [1.54, 1.807) is 19.1 Å². The lowest BCUT2D eigenvalue weighted by Crippen LogP contribution is -2.39. The predicted molar refractivity (Wildman–Crippen MR) is 77.3 cm³/mol. The second kappa shape index (κ2) is 5.61. The standard InChI is InChI=1S/C15H16N2O3/c1-9(15(19)20-2)17-14(18)12-7-10-5-3-4-6-11(10)8-13(12)16/h3-9H,16H2,1-2H3,(H,17,18). The van der Waals surface area contributed by atoms with Crippen LogP contribution < -0.4 is 11.1 Å². The van der Waals surface area contributed by atoms with Crippen LogP contribution in [0.5, 0.6) is 0 Å². The van der Waals surface area contributed by atoms with Crippen LogP contribution in [0.2, 0.25) is 0 Å². The van der Waals surface area contributed by atoms with Crippen molar-refractivity contribution in [1.82, 2.24) is 5.32 Å². The molecule has 0 aliphatic carbocycles. The largest absolute Gasteiger partial charge is 0.467 e. The molecule has 0 bridgehead atoms. The number of carbonyl (C=O) groups is 2. The summed E-state index contributed by atoms with van der Waals surface area (Å²) in [7, 11) is 1.27. The molecule has 2 aromatic rings. The Bertz CT molecular complexity index is 667. The number of ether oxygens (including phenoxy) is 1. The average Bonchev–Trinajstić information content (AvgIpc) is 2.45. The monoisotopic (exact) mass is 272 g/mol. The summed E-state index contributed by atoms with van der Waals surface area (Å²) in [5.74, 6) is -0.899. The molecular formula is C15H16N2O3. The summed E-state index contributed by atoms with van der Waals surface area (Å²) in [6.07, 6.45) is 0. The van der Waals surface area contributed by atoms with E-state index in [0.717, 1.165) is 10.8 Å². The number of nitrogens with one attached hydrogen (secondary N) is 1. The number of amides is 1. The lowest BCUT2D eigenvalue weighted by molar-refractivity contribution is -0.142. The highest BCUT2D eigenvalue weighted by Gasteiger charge is 2.18. The molecule has 1 unspecified atom stereocenters. The highest BCUT2D eigenvalue weighted by Crippen LogP contribution is 2.21. The summed E-state index contributed by atoms with van der Waals surface area (Å²) >= 11 is 0. The number of esters is 1. The highest BCUT2D eigenvalue weighted by molar-refractivity contribution is 6.05. The predicted octanol–water partition coefficient (Wildman–Crippen LogP) is 1.71. The van der Waals surface area contributed by atoms with Gasteiger partial charge in [0.2, 0.25) is 0 Å². The molecule has 3 N–H and O–H groups in total. The van der Waals surface area contributed by atoms with Crippen molar-refractivity contribution in [2.75, 3.05) is 12.8 Å². The third-order valence-corrected chi connectivity index (χ3v) is 3.06. The Labute approximate surface area is 116 Å². The van der Waals surface area contributed by atoms with Gasteiger partial charge in [0.1, 0.15) is 6.04 Å². The summed E-state index contributed by atoms with van der Waals surface area (Å²) in [6, 6.07) is 10.3. The van der Waals surface area contributed by atoms with Crippen molar-refractivity contribution >= 4 is 28.3 Å². The van der Waals surface area contributed by atoms with E-state index in [-0.39, 0.29) is 0 Å². The average molecular weight is 272 g/mol. The van der Waals surface area contributed by atoms with E-state index >= 15 is 0 Å². The van der Waals surface area contributed by atoms with Crippen LogP contribution in [0.1, 0.15) is 17.3 Å². The Hall–Kier alpha value is -2.56. The Balaban J connectivity index is 2.30. The number of carbonyl (C=O) groups excluding carboxylic acids is 2. The van der Waals surface area contributed by atoms with E-state index in [4.69, 9.17) is 5.73 Å². The molecule has 1 atom stereocenters. The summed E-state index contributed by atoms with van der Waals surface area (Å²) in [5.41, 5.74) is 6.61. The zero-order valence-electron chi connectivity index (χ0n) is 11.3. The zero-order chi connectivity index (χ0) is 14.7. The fourth-order valence-corrected chi connectivity index (χ4v) is 1.96. The maximum absolute atomic E-state index is 12.1. The zero-order valence-corrected chi connectivity index (χ0v) is 11.3. The molecule has 104 valence electrons. The van der Waals surface area contributed by atoms with Crippen molar-refractivity contribution in [2.45, 2.75) is 13.0 Å². The molecule has 0 heterocycles. The van der Waals surface area contributed by atoms with Crippen LogP contribution in [-0.4, -0.2) is 25.0 Å². The van der Waals surface area contributed by atoms with Gasteiger partial charge in [-0.3, -0.25) is 4.79 Å². The smallest absolute Gasteiger partial charge is 0.328 e. The minimum Gasteiger partial charge on any atom is -0.467 e. The lowest BCUT2D eigenvalue weighted by atomic mass is 10.0. The summed E-state index contributed by atoms with van der Waals surface area (Å²) < 4.78 is 4.56. The molecule has 0 radical (unpaired) electrons. The Morgan fingerprint density at radius 2 is 1.80 bits per heavy atom. The quantitative estimate of drug-likeness (QED) is 0.658. The van der Waals surface area contributed by atoms with Gasteiger partial charge in [0.25, 0.3) is 5.91 Å². The number of nitrogen functional groups attached to an aromatic ring is 1. The molecule has 5 heteroatoms. The molecule has 0 aromatic heterocycles. The lowest BCUT2D eigenvalue weighted by Gasteiger charge is -2.13. The molecule has 1 amide bonds. The van der Waals surface area contributed by atoms with Gasteiger partial charge in [0.15, 0.2) is 0 Å². The molecule has 0 saturated carbocycles. The van der Waals surface area contributed by atoms with Gasteiger partial charge in [-0.05, 0) is 29.8 Å². The van der Waals surface area contributed by atoms with Crippen LogP contribution in [0.25, 0.3) is 10.8 Å². The summed E-state index contributed by atoms with van der Waals surface area (Å²) in [6.45, 7) is 1.56. The molecule has 2 aromatic carbocycles. The van der Waals surface area contributed by atoms with E-state index < -0.39 is 17.9 Å². The Kier molecular flexibility index (Phi) is 3.89. The normalized spacial score (nSPS) is 11.9. The molecule has 0 aliphatic heterocycles. The SMILES string of the molecule is COC(=O)C(C)NC(=O)c1cc2ccccc2cc1N. The van der Waals surface area contributed by atoms with E-state index in [9.17, 15) is 9.59 Å². The van der Waals surface area contributed by atoms with Gasteiger partial charge >= 0.3 is 5.97 Å². The van der Waals surface area contributed by atoms with Gasteiger partial charge in [-0.2, -0.15) is 0 Å². The van der Waals surface area contributed by atoms with Crippen molar-refractivity contribution in [3.63, 3.8) is 0 Å². The van der Waals surface area contributed by atoms with E-state index in [0.29, 0.717) is 11.3 Å². The summed E-state index contributed by atoms with van der Waals surface area (Å²) in [5, 5.41) is 4.43. The second-order valence-electron chi connectivity index (χ2n) is 4.50. The first-order chi connectivity index (χ1) is 9.52. The fourth-order valence-electron chi connectivity index (χ4n) is 1.96. The van der Waals surface area contributed by atoms with Gasteiger partial charge in [-0.1, -0.05) is 24.3 Å². The highest BCUT2D eigenvalue weighted by atomic mass is 16.5. The second-order valence-corrected chi connectivity index (χ2v) is 4.50. The number of rotatable bonds is 3. The first kappa shape index (κ1) is 13.9. The van der Waals surface area contributed by atoms with Crippen LogP contribution in [0, 0.1) is 0 Å². The molecule has 0 fully saturated rings. The Morgan fingerprint density at radius 3 is 2.40 bits per heavy atom. The summed E-state index contributed by atoms with van der Waals surface area (Å²) in [4.78, 5) is 23.4. The maximum Gasteiger partial charge on any atom is 0.328 e. The molecule has 20 heavy (non-hydrogen) atoms.